The van der Waals surface area contributed by atoms with Crippen molar-refractivity contribution in [2.75, 3.05) is 5.73 Å². The molecule has 21 heavy (non-hydrogen) atoms. The molecule has 1 radical (unpaired) electrons. The van der Waals surface area contributed by atoms with Crippen LogP contribution in [0.25, 0.3) is 5.78 Å². The molecule has 1 aliphatic rings. The van der Waals surface area contributed by atoms with Gasteiger partial charge >= 0.3 is 0 Å². The summed E-state index contributed by atoms with van der Waals surface area (Å²) in [5.41, 5.74) is 7.16. The van der Waals surface area contributed by atoms with Gasteiger partial charge in [-0.05, 0) is 45.4 Å². The third-order valence-corrected chi connectivity index (χ3v) is 4.67. The molecule has 6 nitrogen and oxygen atoms in total. The van der Waals surface area contributed by atoms with E-state index in [1.807, 2.05) is 20.3 Å². The normalized spacial score (nSPS) is 19.2. The molecule has 3 N–H and O–H groups in total. The number of rotatable bonds is 4. The van der Waals surface area contributed by atoms with Crippen molar-refractivity contribution in [3.63, 3.8) is 0 Å². The maximum Gasteiger partial charge on any atom is 0.254 e. The fraction of sp³-hybridized carbons (Fsp3) is 0.600. The van der Waals surface area contributed by atoms with Crippen LogP contribution in [0.4, 0.5) is 5.82 Å². The second-order valence-corrected chi connectivity index (χ2v) is 6.15. The van der Waals surface area contributed by atoms with Crippen LogP contribution in [0.15, 0.2) is 6.33 Å². The number of nitrogen functional groups attached to an aromatic ring is 1. The van der Waals surface area contributed by atoms with E-state index in [0.29, 0.717) is 23.9 Å². The van der Waals surface area contributed by atoms with Gasteiger partial charge in [-0.15, -0.1) is 0 Å². The molecule has 1 atom stereocenters. The van der Waals surface area contributed by atoms with E-state index >= 15 is 0 Å². The van der Waals surface area contributed by atoms with Crippen molar-refractivity contribution in [2.45, 2.75) is 51.6 Å². The molecule has 1 fully saturated rings. The fourth-order valence-corrected chi connectivity index (χ4v) is 3.25. The van der Waals surface area contributed by atoms with Gasteiger partial charge in [0.25, 0.3) is 5.78 Å². The van der Waals surface area contributed by atoms with Crippen LogP contribution in [-0.2, 0) is 6.42 Å². The Morgan fingerprint density at radius 2 is 2.19 bits per heavy atom. The highest BCUT2D eigenvalue weighted by Crippen LogP contribution is 2.36. The van der Waals surface area contributed by atoms with Gasteiger partial charge in [0.1, 0.15) is 12.1 Å². The first-order chi connectivity index (χ1) is 9.99. The van der Waals surface area contributed by atoms with Gasteiger partial charge in [-0.3, -0.25) is 0 Å². The zero-order chi connectivity index (χ0) is 15.0. The van der Waals surface area contributed by atoms with Gasteiger partial charge < -0.3 is 10.8 Å². The Labute approximate surface area is 124 Å². The summed E-state index contributed by atoms with van der Waals surface area (Å²) in [7, 11) is 0. The minimum atomic E-state index is -0.757. The zero-order valence-corrected chi connectivity index (χ0v) is 12.6. The Hall–Kier alpha value is -1.69. The molecule has 2 aromatic rings. The number of nitrogens with two attached hydrogens (primary N) is 1. The minimum Gasteiger partial charge on any atom is -0.390 e. The maximum absolute atomic E-state index is 10.7. The van der Waals surface area contributed by atoms with Crippen molar-refractivity contribution >= 4 is 11.6 Å². The van der Waals surface area contributed by atoms with E-state index in [9.17, 15) is 5.11 Å². The lowest BCUT2D eigenvalue weighted by Crippen LogP contribution is -2.34. The molecule has 2 heterocycles. The van der Waals surface area contributed by atoms with Crippen LogP contribution in [0, 0.1) is 19.3 Å². The van der Waals surface area contributed by atoms with E-state index in [1.54, 1.807) is 4.52 Å². The van der Waals surface area contributed by atoms with Crippen molar-refractivity contribution in [1.29, 1.82) is 0 Å². The lowest BCUT2D eigenvalue weighted by atomic mass is 9.83. The predicted molar refractivity (Wildman–Crippen MR) is 80.5 cm³/mol. The van der Waals surface area contributed by atoms with Crippen LogP contribution in [-0.4, -0.2) is 30.3 Å². The van der Waals surface area contributed by atoms with Crippen LogP contribution in [0.1, 0.15) is 43.9 Å². The number of hydrogen-bond donors (Lipinski definition) is 2. The van der Waals surface area contributed by atoms with Crippen LogP contribution >= 0.6 is 0 Å². The van der Waals surface area contributed by atoms with E-state index in [-0.39, 0.29) is 0 Å². The summed E-state index contributed by atoms with van der Waals surface area (Å²) in [6.45, 7) is 3.81. The van der Waals surface area contributed by atoms with Crippen molar-refractivity contribution in [1.82, 2.24) is 19.6 Å². The summed E-state index contributed by atoms with van der Waals surface area (Å²) in [4.78, 5) is 8.46. The van der Waals surface area contributed by atoms with Crippen LogP contribution < -0.4 is 5.73 Å². The number of aryl methyl sites for hydroxylation is 1. The monoisotopic (exact) mass is 288 g/mol. The number of nitrogens with zero attached hydrogens (tertiary/aromatic N) is 4. The molecule has 0 aromatic carbocycles. The molecule has 0 saturated heterocycles. The van der Waals surface area contributed by atoms with Gasteiger partial charge in [0.15, 0.2) is 0 Å². The lowest BCUT2D eigenvalue weighted by Gasteiger charge is -2.30. The van der Waals surface area contributed by atoms with Gasteiger partial charge in [-0.2, -0.15) is 14.6 Å². The van der Waals surface area contributed by atoms with Gasteiger partial charge in [-0.25, -0.2) is 4.98 Å². The van der Waals surface area contributed by atoms with Crippen molar-refractivity contribution in [2.24, 2.45) is 5.92 Å². The van der Waals surface area contributed by atoms with Crippen molar-refractivity contribution < 1.29 is 5.11 Å². The van der Waals surface area contributed by atoms with Gasteiger partial charge in [0.05, 0.1) is 5.60 Å². The Bertz CT molecular complexity index is 643. The first kappa shape index (κ1) is 14.3. The van der Waals surface area contributed by atoms with Gasteiger partial charge in [-0.1, -0.05) is 12.8 Å². The van der Waals surface area contributed by atoms with E-state index in [2.05, 4.69) is 15.1 Å². The number of aromatic nitrogens is 4. The van der Waals surface area contributed by atoms with E-state index in [0.717, 1.165) is 24.1 Å². The second-order valence-electron chi connectivity index (χ2n) is 6.15. The Morgan fingerprint density at radius 3 is 2.90 bits per heavy atom. The van der Waals surface area contributed by atoms with Crippen LogP contribution in [0.2, 0.25) is 0 Å². The molecule has 2 aromatic heterocycles. The van der Waals surface area contributed by atoms with Gasteiger partial charge in [0.2, 0.25) is 0 Å². The Kier molecular flexibility index (Phi) is 3.57. The summed E-state index contributed by atoms with van der Waals surface area (Å²) < 4.78 is 1.54. The third kappa shape index (κ3) is 2.60. The molecule has 0 amide bonds. The first-order valence-corrected chi connectivity index (χ1v) is 7.50. The molecule has 1 aliphatic carbocycles. The fourth-order valence-electron chi connectivity index (χ4n) is 3.25. The van der Waals surface area contributed by atoms with Crippen LogP contribution in [0.3, 0.4) is 0 Å². The maximum atomic E-state index is 10.7. The van der Waals surface area contributed by atoms with E-state index in [1.165, 1.54) is 19.2 Å². The smallest absolute Gasteiger partial charge is 0.254 e. The molecule has 1 unspecified atom stereocenters. The predicted octanol–water partition coefficient (Wildman–Crippen LogP) is 1.70. The first-order valence-electron chi connectivity index (χ1n) is 7.50. The standard InChI is InChI=1S/C15H22N5O/c1-10-12(13(16)20-14(19-10)17-9-18-20)7-8-15(2,21)11-5-3-4-6-11/h8-9,11,21H,3-7,16H2,1-2H3. The molecule has 0 spiro atoms. The average Bonchev–Trinajstić information content (AvgIpc) is 3.09. The SMILES string of the molecule is Cc1nc2ncnn2c(N)c1C[CH]C(C)(O)C1CCCC1. The van der Waals surface area contributed by atoms with Gasteiger partial charge in [0, 0.05) is 11.3 Å². The van der Waals surface area contributed by atoms with Crippen LogP contribution in [0.5, 0.6) is 0 Å². The summed E-state index contributed by atoms with van der Waals surface area (Å²) in [5, 5.41) is 14.8. The molecule has 1 saturated carbocycles. The highest BCUT2D eigenvalue weighted by Gasteiger charge is 2.34. The number of fused-ring (bicyclic) bond motifs is 1. The lowest BCUT2D eigenvalue weighted by molar-refractivity contribution is 0.0312. The topological polar surface area (TPSA) is 89.3 Å². The molecule has 0 bridgehead atoms. The third-order valence-electron chi connectivity index (χ3n) is 4.67. The summed E-state index contributed by atoms with van der Waals surface area (Å²) in [6, 6.07) is 0. The summed E-state index contributed by atoms with van der Waals surface area (Å²) in [6.07, 6.45) is 8.61. The summed E-state index contributed by atoms with van der Waals surface area (Å²) in [5.74, 6) is 1.41. The zero-order valence-electron chi connectivity index (χ0n) is 12.6. The summed E-state index contributed by atoms with van der Waals surface area (Å²) >= 11 is 0. The Balaban J connectivity index is 1.81. The van der Waals surface area contributed by atoms with Crippen molar-refractivity contribution in [3.8, 4) is 0 Å². The molecular weight excluding hydrogens is 266 g/mol. The molecule has 3 rings (SSSR count). The minimum absolute atomic E-state index is 0.349. The Morgan fingerprint density at radius 1 is 1.48 bits per heavy atom. The molecule has 0 aliphatic heterocycles. The number of hydrogen-bond acceptors (Lipinski definition) is 5. The highest BCUT2D eigenvalue weighted by atomic mass is 16.3. The molecule has 113 valence electrons. The van der Waals surface area contributed by atoms with Crippen molar-refractivity contribution in [3.05, 3.63) is 24.0 Å². The van der Waals surface area contributed by atoms with E-state index in [4.69, 9.17) is 5.73 Å². The highest BCUT2D eigenvalue weighted by molar-refractivity contribution is 5.49. The second kappa shape index (κ2) is 5.26. The number of anilines is 1. The average molecular weight is 288 g/mol. The number of aliphatic hydroxyl groups is 1. The molecule has 6 heteroatoms. The van der Waals surface area contributed by atoms with E-state index < -0.39 is 5.60 Å². The largest absolute Gasteiger partial charge is 0.390 e. The molecular formula is C15H22N5O. The quantitative estimate of drug-likeness (QED) is 0.894.